The fraction of sp³-hybridized carbons (Fsp3) is 0.654. The zero-order chi connectivity index (χ0) is 23.0. The Kier molecular flexibility index (Phi) is 9.07. The third-order valence-electron chi connectivity index (χ3n) is 7.08. The van der Waals surface area contributed by atoms with Crippen molar-refractivity contribution in [2.45, 2.75) is 69.6 Å². The Morgan fingerprint density at radius 3 is 2.48 bits per heavy atom. The molecule has 6 nitrogen and oxygen atoms in total. The number of benzene rings is 1. The van der Waals surface area contributed by atoms with Crippen LogP contribution in [0.1, 0.15) is 62.8 Å². The minimum absolute atomic E-state index is 0.0312. The van der Waals surface area contributed by atoms with Gasteiger partial charge in [0.1, 0.15) is 0 Å². The Bertz CT molecular complexity index is 786. The van der Waals surface area contributed by atoms with E-state index in [-0.39, 0.29) is 18.4 Å². The van der Waals surface area contributed by atoms with Gasteiger partial charge in [-0.15, -0.1) is 0 Å². The number of aliphatic hydroxyl groups is 1. The summed E-state index contributed by atoms with van der Waals surface area (Å²) in [5, 5.41) is 9.71. The van der Waals surface area contributed by atoms with Gasteiger partial charge in [0.2, 0.25) is 6.29 Å². The van der Waals surface area contributed by atoms with Crippen molar-refractivity contribution in [2.75, 3.05) is 39.4 Å². The minimum Gasteiger partial charge on any atom is -0.459 e. The van der Waals surface area contributed by atoms with E-state index in [0.717, 1.165) is 37.9 Å². The molecule has 2 fully saturated rings. The molecule has 33 heavy (non-hydrogen) atoms. The fourth-order valence-electron chi connectivity index (χ4n) is 5.16. The molecule has 0 aromatic heterocycles. The van der Waals surface area contributed by atoms with E-state index >= 15 is 0 Å². The van der Waals surface area contributed by atoms with E-state index in [9.17, 15) is 4.79 Å². The number of likely N-dealkylation sites (tertiary alicyclic amines) is 2. The van der Waals surface area contributed by atoms with Gasteiger partial charge >= 0.3 is 0 Å². The van der Waals surface area contributed by atoms with Crippen LogP contribution in [0.3, 0.4) is 0 Å². The molecule has 0 aliphatic carbocycles. The predicted octanol–water partition coefficient (Wildman–Crippen LogP) is 4.32. The maximum Gasteiger partial charge on any atom is 0.288 e. The lowest BCUT2D eigenvalue weighted by atomic mass is 9.92. The topological polar surface area (TPSA) is 62.2 Å². The van der Waals surface area contributed by atoms with Crippen LogP contribution in [0.15, 0.2) is 36.1 Å². The highest BCUT2D eigenvalue weighted by Crippen LogP contribution is 2.33. The van der Waals surface area contributed by atoms with Gasteiger partial charge in [0, 0.05) is 43.1 Å². The molecule has 4 rings (SSSR count). The van der Waals surface area contributed by atoms with Crippen molar-refractivity contribution in [1.82, 2.24) is 9.80 Å². The summed E-state index contributed by atoms with van der Waals surface area (Å²) >= 11 is 6.08. The summed E-state index contributed by atoms with van der Waals surface area (Å²) in [4.78, 5) is 18.0. The zero-order valence-corrected chi connectivity index (χ0v) is 20.2. The molecule has 2 atom stereocenters. The monoisotopic (exact) mass is 476 g/mol. The van der Waals surface area contributed by atoms with Crippen LogP contribution in [-0.2, 0) is 14.3 Å². The molecule has 3 aliphatic heterocycles. The van der Waals surface area contributed by atoms with E-state index in [1.54, 1.807) is 0 Å². The number of carbonyl (C=O) groups excluding carboxylic acids is 1. The molecule has 1 amide bonds. The molecule has 0 spiro atoms. The molecule has 1 aromatic carbocycles. The summed E-state index contributed by atoms with van der Waals surface area (Å²) in [5.41, 5.74) is 1.10. The number of hydrogen-bond donors (Lipinski definition) is 1. The lowest BCUT2D eigenvalue weighted by Crippen LogP contribution is -2.49. The van der Waals surface area contributed by atoms with Crippen molar-refractivity contribution in [3.8, 4) is 0 Å². The number of ether oxygens (including phenoxy) is 2. The number of halogens is 1. The summed E-state index contributed by atoms with van der Waals surface area (Å²) in [6.07, 6.45) is 9.58. The summed E-state index contributed by atoms with van der Waals surface area (Å²) in [6.45, 7) is 4.60. The predicted molar refractivity (Wildman–Crippen MR) is 129 cm³/mol. The molecule has 2 saturated heterocycles. The Labute approximate surface area is 202 Å². The van der Waals surface area contributed by atoms with Crippen molar-refractivity contribution in [1.29, 1.82) is 0 Å². The van der Waals surface area contributed by atoms with Crippen LogP contribution in [0.25, 0.3) is 0 Å². The van der Waals surface area contributed by atoms with E-state index in [1.807, 2.05) is 35.2 Å². The van der Waals surface area contributed by atoms with Crippen LogP contribution in [-0.4, -0.2) is 72.5 Å². The van der Waals surface area contributed by atoms with Crippen LogP contribution in [0.2, 0.25) is 5.02 Å². The molecule has 0 unspecified atom stereocenters. The van der Waals surface area contributed by atoms with Gasteiger partial charge in [0.25, 0.3) is 5.91 Å². The second-order valence-corrected chi connectivity index (χ2v) is 9.83. The largest absolute Gasteiger partial charge is 0.459 e. The molecule has 3 heterocycles. The zero-order valence-electron chi connectivity index (χ0n) is 19.5. The quantitative estimate of drug-likeness (QED) is 0.566. The molecule has 1 N–H and O–H groups in total. The highest BCUT2D eigenvalue weighted by atomic mass is 35.5. The average Bonchev–Trinajstić information content (AvgIpc) is 2.87. The number of hydrogen-bond acceptors (Lipinski definition) is 5. The van der Waals surface area contributed by atoms with Crippen LogP contribution in [0.5, 0.6) is 0 Å². The first-order valence-corrected chi connectivity index (χ1v) is 12.9. The molecule has 3 aliphatic rings. The number of aliphatic hydroxyl groups excluding tert-OH is 1. The van der Waals surface area contributed by atoms with Gasteiger partial charge < -0.3 is 24.4 Å². The highest BCUT2D eigenvalue weighted by Gasteiger charge is 2.33. The Morgan fingerprint density at radius 2 is 1.79 bits per heavy atom. The number of allylic oxidation sites excluding steroid dienone is 1. The average molecular weight is 477 g/mol. The van der Waals surface area contributed by atoms with Gasteiger partial charge in [0.15, 0.2) is 5.76 Å². The van der Waals surface area contributed by atoms with Gasteiger partial charge in [-0.1, -0.05) is 30.2 Å². The third kappa shape index (κ3) is 6.72. The molecular weight excluding hydrogens is 440 g/mol. The van der Waals surface area contributed by atoms with E-state index in [4.69, 9.17) is 26.2 Å². The summed E-state index contributed by atoms with van der Waals surface area (Å²) in [7, 11) is 0. The number of piperidine rings is 2. The van der Waals surface area contributed by atoms with Gasteiger partial charge in [-0.3, -0.25) is 4.79 Å². The van der Waals surface area contributed by atoms with Crippen molar-refractivity contribution in [3.05, 3.63) is 46.7 Å². The van der Waals surface area contributed by atoms with E-state index in [2.05, 4.69) is 4.90 Å². The minimum atomic E-state index is -0.473. The summed E-state index contributed by atoms with van der Waals surface area (Å²) < 4.78 is 12.0. The second kappa shape index (κ2) is 12.2. The van der Waals surface area contributed by atoms with Gasteiger partial charge in [-0.05, 0) is 75.4 Å². The first-order valence-electron chi connectivity index (χ1n) is 12.5. The van der Waals surface area contributed by atoms with Crippen LogP contribution in [0, 0.1) is 0 Å². The van der Waals surface area contributed by atoms with Gasteiger partial charge in [0.05, 0.1) is 6.61 Å². The fourth-order valence-corrected chi connectivity index (χ4v) is 5.28. The SMILES string of the molecule is O=C(C1=C[C@@H](c2ccc(Cl)cc2)C[C@@H](OCCCCO)O1)N1CCC(N2CCCCC2)CC1. The smallest absolute Gasteiger partial charge is 0.288 e. The number of unbranched alkanes of at least 4 members (excludes halogenated alkanes) is 1. The molecule has 0 bridgehead atoms. The van der Waals surface area contributed by atoms with Crippen molar-refractivity contribution >= 4 is 17.5 Å². The van der Waals surface area contributed by atoms with E-state index < -0.39 is 6.29 Å². The number of rotatable bonds is 8. The normalized spacial score (nSPS) is 24.9. The van der Waals surface area contributed by atoms with Crippen LogP contribution in [0.4, 0.5) is 0 Å². The Morgan fingerprint density at radius 1 is 1.06 bits per heavy atom. The number of nitrogens with zero attached hydrogens (tertiary/aromatic N) is 2. The second-order valence-electron chi connectivity index (χ2n) is 9.39. The number of carbonyl (C=O) groups is 1. The van der Waals surface area contributed by atoms with Crippen LogP contribution >= 0.6 is 11.6 Å². The molecule has 1 aromatic rings. The first kappa shape index (κ1) is 24.5. The van der Waals surface area contributed by atoms with Crippen molar-refractivity contribution in [3.63, 3.8) is 0 Å². The molecule has 0 radical (unpaired) electrons. The summed E-state index contributed by atoms with van der Waals surface area (Å²) in [6, 6.07) is 8.36. The first-order chi connectivity index (χ1) is 16.1. The van der Waals surface area contributed by atoms with E-state index in [0.29, 0.717) is 36.3 Å². The molecule has 7 heteroatoms. The maximum absolute atomic E-state index is 13.4. The highest BCUT2D eigenvalue weighted by molar-refractivity contribution is 6.30. The Balaban J connectivity index is 1.40. The molecule has 182 valence electrons. The lowest BCUT2D eigenvalue weighted by molar-refractivity contribution is -0.153. The standard InChI is InChI=1S/C26H37ClN2O4/c27-22-8-6-20(7-9-22)21-18-24(33-25(19-21)32-17-5-4-16-30)26(31)29-14-10-23(11-15-29)28-12-2-1-3-13-28/h6-9,18,21,23,25,30H,1-5,10-17,19H2/t21-,25+/m1/s1. The third-order valence-corrected chi connectivity index (χ3v) is 7.33. The summed E-state index contributed by atoms with van der Waals surface area (Å²) in [5.74, 6) is 0.392. The molecular formula is C26H37ClN2O4. The van der Waals surface area contributed by atoms with Crippen molar-refractivity contribution < 1.29 is 19.4 Å². The van der Waals surface area contributed by atoms with Gasteiger partial charge in [-0.2, -0.15) is 0 Å². The van der Waals surface area contributed by atoms with E-state index in [1.165, 1.54) is 32.4 Å². The Hall–Kier alpha value is -1.60. The molecule has 0 saturated carbocycles. The van der Waals surface area contributed by atoms with Crippen molar-refractivity contribution in [2.24, 2.45) is 0 Å². The maximum atomic E-state index is 13.4. The lowest BCUT2D eigenvalue weighted by Gasteiger charge is -2.40. The van der Waals surface area contributed by atoms with Crippen LogP contribution < -0.4 is 0 Å². The van der Waals surface area contributed by atoms with Gasteiger partial charge in [-0.25, -0.2) is 0 Å². The number of amides is 1.